The highest BCUT2D eigenvalue weighted by atomic mass is 16.6. The molecule has 5 rings (SSSR count). The highest BCUT2D eigenvalue weighted by Gasteiger charge is 2.45. The first-order chi connectivity index (χ1) is 16.2. The number of anilines is 1. The van der Waals surface area contributed by atoms with Crippen LogP contribution in [0.4, 0.5) is 10.7 Å². The third-order valence-corrected chi connectivity index (χ3v) is 6.92. The molecule has 8 heteroatoms. The lowest BCUT2D eigenvalue weighted by Gasteiger charge is -2.27. The van der Waals surface area contributed by atoms with E-state index in [4.69, 9.17) is 14.5 Å². The van der Waals surface area contributed by atoms with Crippen LogP contribution in [-0.2, 0) is 22.4 Å². The molecule has 2 aromatic rings. The molecule has 0 radical (unpaired) electrons. The van der Waals surface area contributed by atoms with Crippen LogP contribution in [0.3, 0.4) is 0 Å². The van der Waals surface area contributed by atoms with Gasteiger partial charge in [-0.2, -0.15) is 0 Å². The van der Waals surface area contributed by atoms with Gasteiger partial charge in [-0.1, -0.05) is 30.3 Å². The number of amides is 1. The van der Waals surface area contributed by atoms with Crippen LogP contribution in [0.1, 0.15) is 30.5 Å². The first-order valence-electron chi connectivity index (χ1n) is 12.1. The summed E-state index contributed by atoms with van der Waals surface area (Å²) >= 11 is 0. The average molecular weight is 452 g/mol. The number of benzene rings is 1. The third-order valence-electron chi connectivity index (χ3n) is 6.92. The zero-order valence-electron chi connectivity index (χ0n) is 19.2. The molecule has 1 unspecified atom stereocenters. The van der Waals surface area contributed by atoms with Gasteiger partial charge in [0.05, 0.1) is 25.5 Å². The fraction of sp³-hybridized carbons (Fsp3) is 0.560. The number of hydrogen-bond donors (Lipinski definition) is 0. The molecule has 3 aliphatic heterocycles. The highest BCUT2D eigenvalue weighted by Crippen LogP contribution is 2.33. The normalized spacial score (nSPS) is 24.2. The van der Waals surface area contributed by atoms with Crippen LogP contribution in [0.15, 0.2) is 42.6 Å². The molecule has 1 spiro atoms. The van der Waals surface area contributed by atoms with Crippen LogP contribution in [0.5, 0.6) is 0 Å². The molecule has 0 saturated carbocycles. The number of ether oxygens (including phenoxy) is 2. The van der Waals surface area contributed by atoms with Crippen molar-refractivity contribution in [2.75, 3.05) is 57.4 Å². The molecule has 4 heterocycles. The molecule has 3 fully saturated rings. The average Bonchev–Trinajstić information content (AvgIpc) is 3.04. The van der Waals surface area contributed by atoms with Gasteiger partial charge in [-0.15, -0.1) is 0 Å². The molecule has 0 bridgehead atoms. The summed E-state index contributed by atoms with van der Waals surface area (Å²) in [6, 6.07) is 12.3. The van der Waals surface area contributed by atoms with Gasteiger partial charge in [-0.3, -0.25) is 4.90 Å². The number of aromatic nitrogens is 2. The fourth-order valence-corrected chi connectivity index (χ4v) is 5.03. The van der Waals surface area contributed by atoms with E-state index in [2.05, 4.69) is 26.9 Å². The van der Waals surface area contributed by atoms with Crippen LogP contribution in [0.25, 0.3) is 0 Å². The van der Waals surface area contributed by atoms with Gasteiger partial charge in [-0.25, -0.2) is 14.8 Å². The quantitative estimate of drug-likeness (QED) is 0.669. The van der Waals surface area contributed by atoms with Gasteiger partial charge in [0.2, 0.25) is 5.95 Å². The number of nitrogens with zero attached hydrogens (tertiary/aromatic N) is 5. The fourth-order valence-electron chi connectivity index (χ4n) is 5.03. The minimum absolute atomic E-state index is 0.162. The largest absolute Gasteiger partial charge is 0.441 e. The van der Waals surface area contributed by atoms with Crippen molar-refractivity contribution >= 4 is 12.0 Å². The molecule has 0 aliphatic carbocycles. The SMILES string of the molecule is O=C1OC2(CCCN(Cc3ccnc(N4CCOCC4)n3)CC2)CN1CCc1ccccc1. The topological polar surface area (TPSA) is 71.0 Å². The molecule has 1 aromatic heterocycles. The molecule has 1 atom stereocenters. The first-order valence-corrected chi connectivity index (χ1v) is 12.1. The van der Waals surface area contributed by atoms with Gasteiger partial charge < -0.3 is 19.3 Å². The van der Waals surface area contributed by atoms with E-state index < -0.39 is 0 Å². The second-order valence-corrected chi connectivity index (χ2v) is 9.29. The van der Waals surface area contributed by atoms with Crippen molar-refractivity contribution in [3.63, 3.8) is 0 Å². The van der Waals surface area contributed by atoms with Gasteiger partial charge >= 0.3 is 6.09 Å². The molecule has 176 valence electrons. The van der Waals surface area contributed by atoms with Crippen molar-refractivity contribution in [1.29, 1.82) is 0 Å². The predicted octanol–water partition coefficient (Wildman–Crippen LogP) is 2.73. The number of likely N-dealkylation sites (tertiary alicyclic amines) is 1. The summed E-state index contributed by atoms with van der Waals surface area (Å²) in [7, 11) is 0. The van der Waals surface area contributed by atoms with Crippen molar-refractivity contribution in [1.82, 2.24) is 19.8 Å². The van der Waals surface area contributed by atoms with Crippen molar-refractivity contribution in [3.8, 4) is 0 Å². The Bertz CT molecular complexity index is 937. The Labute approximate surface area is 195 Å². The number of morpholine rings is 1. The summed E-state index contributed by atoms with van der Waals surface area (Å²) in [5, 5.41) is 0. The van der Waals surface area contributed by atoms with Crippen molar-refractivity contribution in [2.45, 2.75) is 37.8 Å². The summed E-state index contributed by atoms with van der Waals surface area (Å²) in [6.45, 7) is 7.20. The summed E-state index contributed by atoms with van der Waals surface area (Å²) < 4.78 is 11.4. The molecule has 1 aromatic carbocycles. The van der Waals surface area contributed by atoms with Gasteiger partial charge in [-0.05, 0) is 37.4 Å². The van der Waals surface area contributed by atoms with E-state index in [-0.39, 0.29) is 11.7 Å². The van der Waals surface area contributed by atoms with E-state index in [1.807, 2.05) is 35.4 Å². The van der Waals surface area contributed by atoms with E-state index in [9.17, 15) is 4.79 Å². The minimum atomic E-state index is -0.354. The Balaban J connectivity index is 1.16. The second-order valence-electron chi connectivity index (χ2n) is 9.29. The summed E-state index contributed by atoms with van der Waals surface area (Å²) in [6.07, 6.45) is 5.35. The highest BCUT2D eigenvalue weighted by molar-refractivity contribution is 5.70. The Kier molecular flexibility index (Phi) is 6.73. The van der Waals surface area contributed by atoms with Gasteiger partial charge in [0.25, 0.3) is 0 Å². The molecule has 0 N–H and O–H groups in total. The summed E-state index contributed by atoms with van der Waals surface area (Å²) in [5.74, 6) is 0.792. The number of hydrogen-bond acceptors (Lipinski definition) is 7. The van der Waals surface area contributed by atoms with Crippen LogP contribution in [0.2, 0.25) is 0 Å². The Morgan fingerprint density at radius 3 is 2.70 bits per heavy atom. The van der Waals surface area contributed by atoms with Crippen molar-refractivity contribution in [3.05, 3.63) is 53.9 Å². The molecule has 1 amide bonds. The minimum Gasteiger partial charge on any atom is -0.441 e. The number of carbonyl (C=O) groups is 1. The monoisotopic (exact) mass is 451 g/mol. The van der Waals surface area contributed by atoms with Crippen LogP contribution in [0, 0.1) is 0 Å². The van der Waals surface area contributed by atoms with Crippen molar-refractivity contribution in [2.24, 2.45) is 0 Å². The van der Waals surface area contributed by atoms with E-state index in [1.54, 1.807) is 0 Å². The second kappa shape index (κ2) is 10.1. The lowest BCUT2D eigenvalue weighted by Crippen LogP contribution is -2.37. The number of carbonyl (C=O) groups excluding carboxylic acids is 1. The van der Waals surface area contributed by atoms with Crippen LogP contribution >= 0.6 is 0 Å². The molecule has 3 aliphatic rings. The molecular formula is C25H33N5O3. The Morgan fingerprint density at radius 2 is 1.85 bits per heavy atom. The van der Waals surface area contributed by atoms with Gasteiger partial charge in [0.1, 0.15) is 5.60 Å². The standard InChI is InChI=1S/C25H33N5O3/c31-24-30(13-8-21-5-2-1-3-6-21)20-25(33-24)9-4-12-28(14-10-25)19-22-7-11-26-23(27-22)29-15-17-32-18-16-29/h1-3,5-7,11H,4,8-10,12-20H2. The maximum Gasteiger partial charge on any atom is 0.410 e. The smallest absolute Gasteiger partial charge is 0.410 e. The Hall–Kier alpha value is -2.71. The molecule has 8 nitrogen and oxygen atoms in total. The number of rotatable bonds is 6. The molecule has 33 heavy (non-hydrogen) atoms. The van der Waals surface area contributed by atoms with Gasteiger partial charge in [0.15, 0.2) is 0 Å². The molecule has 3 saturated heterocycles. The summed E-state index contributed by atoms with van der Waals surface area (Å²) in [5.41, 5.74) is 1.93. The van der Waals surface area contributed by atoms with E-state index >= 15 is 0 Å². The van der Waals surface area contributed by atoms with Crippen LogP contribution < -0.4 is 4.90 Å². The zero-order valence-corrected chi connectivity index (χ0v) is 19.2. The van der Waals surface area contributed by atoms with E-state index in [1.165, 1.54) is 5.56 Å². The summed E-state index contributed by atoms with van der Waals surface area (Å²) in [4.78, 5) is 28.4. The maximum atomic E-state index is 12.6. The zero-order chi connectivity index (χ0) is 22.5. The van der Waals surface area contributed by atoms with E-state index in [0.717, 1.165) is 83.3 Å². The Morgan fingerprint density at radius 1 is 1.00 bits per heavy atom. The first kappa shape index (κ1) is 22.1. The third kappa shape index (κ3) is 5.45. The lowest BCUT2D eigenvalue weighted by atomic mass is 9.95. The van der Waals surface area contributed by atoms with Crippen LogP contribution in [-0.4, -0.2) is 83.9 Å². The predicted molar refractivity (Wildman–Crippen MR) is 125 cm³/mol. The van der Waals surface area contributed by atoms with Gasteiger partial charge in [0, 0.05) is 45.3 Å². The van der Waals surface area contributed by atoms with E-state index in [0.29, 0.717) is 13.1 Å². The lowest BCUT2D eigenvalue weighted by molar-refractivity contribution is 0.0442. The maximum absolute atomic E-state index is 12.6. The van der Waals surface area contributed by atoms with Crippen molar-refractivity contribution < 1.29 is 14.3 Å². The molecular weight excluding hydrogens is 418 g/mol.